The molecule has 2 aliphatic rings. The maximum Gasteiger partial charge on any atom is 0.321 e. The number of fused-ring (bicyclic) bond motifs is 1. The van der Waals surface area contributed by atoms with Gasteiger partial charge in [0.25, 0.3) is 0 Å². The van der Waals surface area contributed by atoms with Crippen molar-refractivity contribution in [2.45, 2.75) is 51.0 Å². The van der Waals surface area contributed by atoms with Gasteiger partial charge in [-0.05, 0) is 39.2 Å². The van der Waals surface area contributed by atoms with Gasteiger partial charge in [-0.15, -0.1) is 0 Å². The highest BCUT2D eigenvalue weighted by Gasteiger charge is 2.80. The second kappa shape index (κ2) is 3.94. The second-order valence-corrected chi connectivity index (χ2v) is 6.96. The summed E-state index contributed by atoms with van der Waals surface area (Å²) in [6.45, 7) is 5.52. The average molecular weight is 272 g/mol. The molecule has 106 valence electrons. The number of hydrogen-bond donors (Lipinski definition) is 0. The Labute approximate surface area is 119 Å². The van der Waals surface area contributed by atoms with Gasteiger partial charge in [0.1, 0.15) is 11.0 Å². The van der Waals surface area contributed by atoms with Crippen LogP contribution in [0.4, 0.5) is 0 Å². The van der Waals surface area contributed by atoms with Crippen LogP contribution in [-0.2, 0) is 19.7 Å². The van der Waals surface area contributed by atoms with Crippen molar-refractivity contribution in [3.8, 4) is 0 Å². The molecule has 20 heavy (non-hydrogen) atoms. The molecule has 0 N–H and O–H groups in total. The maximum absolute atomic E-state index is 12.6. The fourth-order valence-corrected chi connectivity index (χ4v) is 3.61. The third-order valence-electron chi connectivity index (χ3n) is 4.59. The van der Waals surface area contributed by atoms with Gasteiger partial charge in [-0.2, -0.15) is 0 Å². The highest BCUT2D eigenvalue weighted by Crippen LogP contribution is 2.72. The number of esters is 1. The molecule has 3 rings (SSSR count). The van der Waals surface area contributed by atoms with Crippen LogP contribution in [0.1, 0.15) is 45.6 Å². The van der Waals surface area contributed by atoms with Crippen LogP contribution in [0.25, 0.3) is 0 Å². The lowest BCUT2D eigenvalue weighted by atomic mass is 9.88. The lowest BCUT2D eigenvalue weighted by molar-refractivity contribution is -0.164. The minimum atomic E-state index is -0.915. The van der Waals surface area contributed by atoms with Crippen LogP contribution >= 0.6 is 0 Å². The highest BCUT2D eigenvalue weighted by molar-refractivity contribution is 6.12. The smallest absolute Gasteiger partial charge is 0.321 e. The topological polar surface area (TPSA) is 43.4 Å². The molecular weight excluding hydrogens is 252 g/mol. The molecule has 2 saturated carbocycles. The lowest BCUT2D eigenvalue weighted by Crippen LogP contribution is -2.35. The minimum Gasteiger partial charge on any atom is -0.459 e. The number of hydrogen-bond acceptors (Lipinski definition) is 3. The Morgan fingerprint density at radius 2 is 1.85 bits per heavy atom. The van der Waals surface area contributed by atoms with Gasteiger partial charge in [0.15, 0.2) is 5.78 Å². The van der Waals surface area contributed by atoms with Gasteiger partial charge < -0.3 is 4.74 Å². The Morgan fingerprint density at radius 3 is 2.45 bits per heavy atom. The predicted octanol–water partition coefficient (Wildman–Crippen LogP) is 3.02. The predicted molar refractivity (Wildman–Crippen MR) is 75.3 cm³/mol. The monoisotopic (exact) mass is 272 g/mol. The van der Waals surface area contributed by atoms with E-state index in [4.69, 9.17) is 4.74 Å². The van der Waals surface area contributed by atoms with E-state index in [1.807, 2.05) is 51.1 Å². The number of carbonyl (C=O) groups excluding carboxylic acids is 2. The number of ether oxygens (including phenoxy) is 1. The third-order valence-corrected chi connectivity index (χ3v) is 4.59. The molecule has 2 aliphatic carbocycles. The number of carbonyl (C=O) groups is 2. The fraction of sp³-hybridized carbons (Fsp3) is 0.529. The standard InChI is InChI=1S/C17H20O3/c1-15(2,3)20-14(19)17-11-16(17,10-9-13(17)18)12-7-5-4-6-8-12/h4-8H,9-11H2,1-3H3/t16-,17-/m1/s1. The quantitative estimate of drug-likeness (QED) is 0.614. The molecule has 3 nitrogen and oxygen atoms in total. The molecule has 0 bridgehead atoms. The molecule has 0 unspecified atom stereocenters. The van der Waals surface area contributed by atoms with Crippen molar-refractivity contribution in [1.82, 2.24) is 0 Å². The molecule has 0 amide bonds. The van der Waals surface area contributed by atoms with Crippen LogP contribution in [-0.4, -0.2) is 17.4 Å². The van der Waals surface area contributed by atoms with E-state index < -0.39 is 11.0 Å². The molecule has 0 aliphatic heterocycles. The van der Waals surface area contributed by atoms with E-state index in [1.54, 1.807) is 0 Å². The minimum absolute atomic E-state index is 0.0515. The van der Waals surface area contributed by atoms with Crippen molar-refractivity contribution < 1.29 is 14.3 Å². The van der Waals surface area contributed by atoms with Crippen molar-refractivity contribution >= 4 is 11.8 Å². The molecule has 0 spiro atoms. The number of rotatable bonds is 2. The van der Waals surface area contributed by atoms with Crippen LogP contribution in [0.3, 0.4) is 0 Å². The van der Waals surface area contributed by atoms with Gasteiger partial charge in [0.2, 0.25) is 0 Å². The zero-order chi connectivity index (χ0) is 14.6. The summed E-state index contributed by atoms with van der Waals surface area (Å²) in [5.74, 6) is -0.285. The van der Waals surface area contributed by atoms with Crippen molar-refractivity contribution in [3.05, 3.63) is 35.9 Å². The first-order chi connectivity index (χ1) is 9.32. The van der Waals surface area contributed by atoms with Crippen LogP contribution in [0.5, 0.6) is 0 Å². The summed E-state index contributed by atoms with van der Waals surface area (Å²) in [6.07, 6.45) is 1.85. The summed E-state index contributed by atoms with van der Waals surface area (Å²) in [5, 5.41) is 0. The summed E-state index contributed by atoms with van der Waals surface area (Å²) in [4.78, 5) is 24.9. The van der Waals surface area contributed by atoms with E-state index >= 15 is 0 Å². The summed E-state index contributed by atoms with van der Waals surface area (Å²) < 4.78 is 5.52. The summed E-state index contributed by atoms with van der Waals surface area (Å²) in [7, 11) is 0. The van der Waals surface area contributed by atoms with E-state index in [-0.39, 0.29) is 17.2 Å². The van der Waals surface area contributed by atoms with Gasteiger partial charge in [-0.3, -0.25) is 9.59 Å². The lowest BCUT2D eigenvalue weighted by Gasteiger charge is -2.24. The van der Waals surface area contributed by atoms with Crippen LogP contribution in [0, 0.1) is 5.41 Å². The van der Waals surface area contributed by atoms with Crippen LogP contribution in [0.2, 0.25) is 0 Å². The normalized spacial score (nSPS) is 31.9. The molecule has 0 aromatic heterocycles. The first-order valence-corrected chi connectivity index (χ1v) is 7.14. The molecule has 1 aromatic rings. The maximum atomic E-state index is 12.6. The van der Waals surface area contributed by atoms with Gasteiger partial charge in [0, 0.05) is 11.8 Å². The highest BCUT2D eigenvalue weighted by atomic mass is 16.6. The molecule has 0 radical (unpaired) electrons. The van der Waals surface area contributed by atoms with Crippen LogP contribution < -0.4 is 0 Å². The van der Waals surface area contributed by atoms with Crippen LogP contribution in [0.15, 0.2) is 30.3 Å². The van der Waals surface area contributed by atoms with Gasteiger partial charge in [0.05, 0.1) is 0 Å². The van der Waals surface area contributed by atoms with E-state index in [1.165, 1.54) is 0 Å². The first-order valence-electron chi connectivity index (χ1n) is 7.14. The fourth-order valence-electron chi connectivity index (χ4n) is 3.61. The average Bonchev–Trinajstić information content (AvgIpc) is 2.99. The van der Waals surface area contributed by atoms with Crippen molar-refractivity contribution in [2.24, 2.45) is 5.41 Å². The Kier molecular flexibility index (Phi) is 2.63. The molecule has 0 saturated heterocycles. The Hall–Kier alpha value is -1.64. The summed E-state index contributed by atoms with van der Waals surface area (Å²) in [6, 6.07) is 9.92. The number of ketones is 1. The van der Waals surface area contributed by atoms with E-state index in [0.717, 1.165) is 12.0 Å². The molecule has 1 aromatic carbocycles. The second-order valence-electron chi connectivity index (χ2n) is 6.96. The van der Waals surface area contributed by atoms with Gasteiger partial charge in [-0.1, -0.05) is 30.3 Å². The largest absolute Gasteiger partial charge is 0.459 e. The Balaban J connectivity index is 1.97. The van der Waals surface area contributed by atoms with E-state index in [2.05, 4.69) is 0 Å². The molecular formula is C17H20O3. The first kappa shape index (κ1) is 13.3. The SMILES string of the molecule is CC(C)(C)OC(=O)[C@]12C[C@@]1(c1ccccc1)CCC2=O. The number of Topliss-reactive ketones (excluding diaryl/α,β-unsaturated/α-hetero) is 1. The summed E-state index contributed by atoms with van der Waals surface area (Å²) >= 11 is 0. The zero-order valence-electron chi connectivity index (χ0n) is 12.2. The van der Waals surface area contributed by atoms with Gasteiger partial charge >= 0.3 is 5.97 Å². The third kappa shape index (κ3) is 1.65. The van der Waals surface area contributed by atoms with Crippen molar-refractivity contribution in [1.29, 1.82) is 0 Å². The van der Waals surface area contributed by atoms with Crippen molar-refractivity contribution in [2.75, 3.05) is 0 Å². The molecule has 0 heterocycles. The van der Waals surface area contributed by atoms with E-state index in [9.17, 15) is 9.59 Å². The molecule has 2 fully saturated rings. The molecule has 2 atom stereocenters. The Morgan fingerprint density at radius 1 is 1.20 bits per heavy atom. The molecule has 3 heteroatoms. The van der Waals surface area contributed by atoms with Crippen molar-refractivity contribution in [3.63, 3.8) is 0 Å². The summed E-state index contributed by atoms with van der Waals surface area (Å²) in [5.41, 5.74) is -0.689. The zero-order valence-corrected chi connectivity index (χ0v) is 12.2. The Bertz CT molecular complexity index is 570. The van der Waals surface area contributed by atoms with Gasteiger partial charge in [-0.25, -0.2) is 0 Å². The van der Waals surface area contributed by atoms with E-state index in [0.29, 0.717) is 12.8 Å². The number of benzene rings is 1.